The molecule has 5 nitrogen and oxygen atoms in total. The Morgan fingerprint density at radius 1 is 1.47 bits per heavy atom. The van der Waals surface area contributed by atoms with Gasteiger partial charge in [-0.05, 0) is 25.0 Å². The normalized spacial score (nSPS) is 22.9. The molecule has 0 radical (unpaired) electrons. The Hall–Kier alpha value is -1.24. The fourth-order valence-electron chi connectivity index (χ4n) is 2.13. The summed E-state index contributed by atoms with van der Waals surface area (Å²) < 4.78 is 6.29. The first kappa shape index (κ1) is 12.8. The second-order valence-electron chi connectivity index (χ2n) is 4.77. The molecule has 19 heavy (non-hydrogen) atoms. The minimum absolute atomic E-state index is 0.0508. The van der Waals surface area contributed by atoms with E-state index >= 15 is 0 Å². The van der Waals surface area contributed by atoms with Gasteiger partial charge < -0.3 is 14.9 Å². The number of aliphatic hydroxyl groups is 1. The second-order valence-corrected chi connectivity index (χ2v) is 5.62. The largest absolute Gasteiger partial charge is 0.392 e. The summed E-state index contributed by atoms with van der Waals surface area (Å²) in [5, 5.41) is 16.6. The first-order valence-corrected chi connectivity index (χ1v) is 6.94. The van der Waals surface area contributed by atoms with Gasteiger partial charge in [0.15, 0.2) is 0 Å². The molecule has 100 valence electrons. The molecule has 2 N–H and O–H groups in total. The number of halogens is 1. The van der Waals surface area contributed by atoms with Crippen molar-refractivity contribution in [3.8, 4) is 11.4 Å². The van der Waals surface area contributed by atoms with E-state index in [-0.39, 0.29) is 12.1 Å². The van der Waals surface area contributed by atoms with Crippen LogP contribution in [-0.4, -0.2) is 27.9 Å². The standard InChI is InChI=1S/C13H14BrN3O2/c1-7-2-3-8(4-10(7)14)12-16-13(19-17-12)11-5-9(18)6-15-11/h2-4,9,11,15,18H,5-6H2,1H3/t9-,11-/m1/s1. The quantitative estimate of drug-likeness (QED) is 0.886. The van der Waals surface area contributed by atoms with E-state index in [1.807, 2.05) is 25.1 Å². The SMILES string of the molecule is Cc1ccc(-c2noc([C@H]3C[C@@H](O)CN3)n2)cc1Br. The number of aliphatic hydroxyl groups excluding tert-OH is 1. The maximum atomic E-state index is 9.49. The Bertz CT molecular complexity index is 599. The number of benzene rings is 1. The zero-order chi connectivity index (χ0) is 13.4. The highest BCUT2D eigenvalue weighted by molar-refractivity contribution is 9.10. The lowest BCUT2D eigenvalue weighted by Crippen LogP contribution is -2.15. The van der Waals surface area contributed by atoms with Crippen LogP contribution in [0.15, 0.2) is 27.2 Å². The highest BCUT2D eigenvalue weighted by Crippen LogP contribution is 2.27. The number of β-amino-alcohol motifs (C(OH)–C–C–N with tert-alkyl or cyclic N) is 1. The predicted molar refractivity (Wildman–Crippen MR) is 73.5 cm³/mol. The van der Waals surface area contributed by atoms with E-state index in [2.05, 4.69) is 31.4 Å². The number of rotatable bonds is 2. The van der Waals surface area contributed by atoms with Crippen molar-refractivity contribution >= 4 is 15.9 Å². The molecular weight excluding hydrogens is 310 g/mol. The Morgan fingerprint density at radius 3 is 3.00 bits per heavy atom. The van der Waals surface area contributed by atoms with Crippen LogP contribution in [0.4, 0.5) is 0 Å². The summed E-state index contributed by atoms with van der Waals surface area (Å²) in [6.45, 7) is 2.60. The Morgan fingerprint density at radius 2 is 2.32 bits per heavy atom. The molecule has 1 fully saturated rings. The number of nitrogens with zero attached hydrogens (tertiary/aromatic N) is 2. The summed E-state index contributed by atoms with van der Waals surface area (Å²) >= 11 is 3.49. The van der Waals surface area contributed by atoms with E-state index in [1.165, 1.54) is 0 Å². The Balaban J connectivity index is 1.86. The molecular formula is C13H14BrN3O2. The number of aryl methyl sites for hydroxylation is 1. The smallest absolute Gasteiger partial charge is 0.244 e. The van der Waals surface area contributed by atoms with Crippen molar-refractivity contribution in [2.75, 3.05) is 6.54 Å². The maximum Gasteiger partial charge on any atom is 0.244 e. The van der Waals surface area contributed by atoms with Crippen LogP contribution in [0.5, 0.6) is 0 Å². The lowest BCUT2D eigenvalue weighted by Gasteiger charge is -2.02. The average Bonchev–Trinajstić information content (AvgIpc) is 3.01. The lowest BCUT2D eigenvalue weighted by atomic mass is 10.1. The maximum absolute atomic E-state index is 9.49. The molecule has 1 aromatic heterocycles. The summed E-state index contributed by atoms with van der Waals surface area (Å²) in [5.41, 5.74) is 2.07. The molecule has 0 unspecified atom stereocenters. The van der Waals surface area contributed by atoms with Gasteiger partial charge in [-0.1, -0.05) is 33.2 Å². The van der Waals surface area contributed by atoms with Crippen molar-refractivity contribution in [1.29, 1.82) is 0 Å². The molecule has 6 heteroatoms. The molecule has 0 aliphatic carbocycles. The molecule has 1 saturated heterocycles. The van der Waals surface area contributed by atoms with Crippen LogP contribution >= 0.6 is 15.9 Å². The third-order valence-electron chi connectivity index (χ3n) is 3.28. The van der Waals surface area contributed by atoms with Gasteiger partial charge in [0, 0.05) is 16.6 Å². The zero-order valence-corrected chi connectivity index (χ0v) is 12.0. The summed E-state index contributed by atoms with van der Waals surface area (Å²) in [4.78, 5) is 4.40. The van der Waals surface area contributed by atoms with E-state index in [1.54, 1.807) is 0 Å². The second kappa shape index (κ2) is 5.03. The highest BCUT2D eigenvalue weighted by Gasteiger charge is 2.28. The summed E-state index contributed by atoms with van der Waals surface area (Å²) in [6, 6.07) is 5.89. The van der Waals surface area contributed by atoms with Crippen molar-refractivity contribution in [2.24, 2.45) is 0 Å². The molecule has 0 saturated carbocycles. The van der Waals surface area contributed by atoms with Crippen molar-refractivity contribution in [2.45, 2.75) is 25.5 Å². The third kappa shape index (κ3) is 2.56. The predicted octanol–water partition coefficient (Wildman–Crippen LogP) is 2.20. The monoisotopic (exact) mass is 323 g/mol. The molecule has 1 aromatic carbocycles. The molecule has 3 rings (SSSR count). The van der Waals surface area contributed by atoms with Crippen molar-refractivity contribution in [3.05, 3.63) is 34.1 Å². The third-order valence-corrected chi connectivity index (χ3v) is 4.13. The number of hydrogen-bond acceptors (Lipinski definition) is 5. The van der Waals surface area contributed by atoms with E-state index in [4.69, 9.17) is 4.52 Å². The molecule has 2 aromatic rings. The van der Waals surface area contributed by atoms with Gasteiger partial charge in [-0.3, -0.25) is 0 Å². The zero-order valence-electron chi connectivity index (χ0n) is 10.4. The van der Waals surface area contributed by atoms with Gasteiger partial charge in [-0.15, -0.1) is 0 Å². The van der Waals surface area contributed by atoms with Gasteiger partial charge in [0.1, 0.15) is 0 Å². The van der Waals surface area contributed by atoms with Crippen LogP contribution in [0.25, 0.3) is 11.4 Å². The van der Waals surface area contributed by atoms with Gasteiger partial charge in [0.25, 0.3) is 0 Å². The van der Waals surface area contributed by atoms with Crippen LogP contribution in [0.1, 0.15) is 23.9 Å². The molecule has 1 aliphatic heterocycles. The molecule has 0 bridgehead atoms. The number of hydrogen-bond donors (Lipinski definition) is 2. The van der Waals surface area contributed by atoms with Crippen LogP contribution in [0, 0.1) is 6.92 Å². The molecule has 0 amide bonds. The summed E-state index contributed by atoms with van der Waals surface area (Å²) in [7, 11) is 0. The molecule has 1 aliphatic rings. The first-order valence-electron chi connectivity index (χ1n) is 6.15. The van der Waals surface area contributed by atoms with Crippen LogP contribution in [-0.2, 0) is 0 Å². The summed E-state index contributed by atoms with van der Waals surface area (Å²) in [6.07, 6.45) is 0.271. The van der Waals surface area contributed by atoms with Crippen LogP contribution in [0.3, 0.4) is 0 Å². The van der Waals surface area contributed by atoms with Gasteiger partial charge in [-0.2, -0.15) is 4.98 Å². The van der Waals surface area contributed by atoms with Gasteiger partial charge in [0.05, 0.1) is 12.1 Å². The van der Waals surface area contributed by atoms with E-state index < -0.39 is 0 Å². The minimum Gasteiger partial charge on any atom is -0.392 e. The molecule has 2 heterocycles. The first-order chi connectivity index (χ1) is 9.13. The number of nitrogens with one attached hydrogen (secondary N) is 1. The Kier molecular flexibility index (Phi) is 3.38. The fraction of sp³-hybridized carbons (Fsp3) is 0.385. The van der Waals surface area contributed by atoms with Crippen LogP contribution in [0.2, 0.25) is 0 Å². The summed E-state index contributed by atoms with van der Waals surface area (Å²) in [5.74, 6) is 1.10. The van der Waals surface area contributed by atoms with Crippen LogP contribution < -0.4 is 5.32 Å². The topological polar surface area (TPSA) is 71.2 Å². The van der Waals surface area contributed by atoms with Gasteiger partial charge in [0.2, 0.25) is 11.7 Å². The molecule has 0 spiro atoms. The fourth-order valence-corrected chi connectivity index (χ4v) is 2.51. The number of aromatic nitrogens is 2. The van der Waals surface area contributed by atoms with E-state index in [9.17, 15) is 5.11 Å². The van der Waals surface area contributed by atoms with Crippen molar-refractivity contribution in [3.63, 3.8) is 0 Å². The highest BCUT2D eigenvalue weighted by atomic mass is 79.9. The van der Waals surface area contributed by atoms with E-state index in [0.29, 0.717) is 24.7 Å². The average molecular weight is 324 g/mol. The molecule has 2 atom stereocenters. The van der Waals surface area contributed by atoms with Crippen molar-refractivity contribution < 1.29 is 9.63 Å². The van der Waals surface area contributed by atoms with Crippen molar-refractivity contribution in [1.82, 2.24) is 15.5 Å². The minimum atomic E-state index is -0.339. The van der Waals surface area contributed by atoms with E-state index in [0.717, 1.165) is 15.6 Å². The van der Waals surface area contributed by atoms with Gasteiger partial charge >= 0.3 is 0 Å². The Labute approximate surface area is 119 Å². The lowest BCUT2D eigenvalue weighted by molar-refractivity contribution is 0.191. The van der Waals surface area contributed by atoms with Gasteiger partial charge in [-0.25, -0.2) is 0 Å².